The number of nitrogens with one attached hydrogen (secondary N) is 1. The molecule has 216 valence electrons. The zero-order valence-corrected chi connectivity index (χ0v) is 23.4. The molecular formula is C32H26ClF4N3O2. The van der Waals surface area contributed by atoms with Crippen LogP contribution in [-0.4, -0.2) is 21.7 Å². The molecule has 10 heteroatoms. The molecule has 1 aromatic heterocycles. The first-order valence-corrected chi connectivity index (χ1v) is 13.5. The van der Waals surface area contributed by atoms with Gasteiger partial charge in [-0.15, -0.1) is 0 Å². The number of fused-ring (bicyclic) bond motifs is 1. The van der Waals surface area contributed by atoms with Gasteiger partial charge in [-0.25, -0.2) is 4.39 Å². The molecule has 1 amide bonds. The van der Waals surface area contributed by atoms with Gasteiger partial charge in [0.25, 0.3) is 5.91 Å². The standard InChI is InChI=1S/C32H26ClF4N3O2/c1-19(2)38-31(41)22-8-3-6-20(14-22)18-42-25-9-4-7-21(15-25)30-26-10-5-11-27(32(35,36)37)29(26)39-40(30)17-23-12-13-24(33)16-28(23)34/h3-16,19H,17-18H2,1-2H3,(H,38,41). The number of rotatable bonds is 8. The lowest BCUT2D eigenvalue weighted by molar-refractivity contribution is -0.136. The van der Waals surface area contributed by atoms with E-state index in [0.717, 1.165) is 17.7 Å². The van der Waals surface area contributed by atoms with E-state index in [0.29, 0.717) is 22.6 Å². The molecule has 5 rings (SSSR count). The van der Waals surface area contributed by atoms with Gasteiger partial charge in [0.2, 0.25) is 0 Å². The molecule has 0 unspecified atom stereocenters. The second-order valence-corrected chi connectivity index (χ2v) is 10.5. The molecule has 42 heavy (non-hydrogen) atoms. The largest absolute Gasteiger partial charge is 0.489 e. The number of alkyl halides is 3. The summed E-state index contributed by atoms with van der Waals surface area (Å²) in [7, 11) is 0. The predicted octanol–water partition coefficient (Wildman–Crippen LogP) is 8.28. The summed E-state index contributed by atoms with van der Waals surface area (Å²) >= 11 is 5.90. The van der Waals surface area contributed by atoms with Crippen LogP contribution in [0.25, 0.3) is 22.2 Å². The van der Waals surface area contributed by atoms with E-state index in [4.69, 9.17) is 16.3 Å². The highest BCUT2D eigenvalue weighted by Crippen LogP contribution is 2.39. The van der Waals surface area contributed by atoms with Crippen molar-refractivity contribution >= 4 is 28.4 Å². The highest BCUT2D eigenvalue weighted by atomic mass is 35.5. The summed E-state index contributed by atoms with van der Waals surface area (Å²) in [5.74, 6) is -0.329. The molecule has 0 aliphatic rings. The Labute approximate surface area is 244 Å². The zero-order chi connectivity index (χ0) is 30.0. The number of aromatic nitrogens is 2. The van der Waals surface area contributed by atoms with Gasteiger partial charge >= 0.3 is 6.18 Å². The van der Waals surface area contributed by atoms with Crippen molar-refractivity contribution in [1.29, 1.82) is 0 Å². The van der Waals surface area contributed by atoms with Crippen molar-refractivity contribution in [3.05, 3.63) is 118 Å². The molecule has 0 fully saturated rings. The van der Waals surface area contributed by atoms with Gasteiger partial charge in [0, 0.05) is 33.1 Å². The van der Waals surface area contributed by atoms with Crippen molar-refractivity contribution in [2.45, 2.75) is 39.2 Å². The van der Waals surface area contributed by atoms with Crippen LogP contribution in [0.4, 0.5) is 17.6 Å². The van der Waals surface area contributed by atoms with E-state index in [1.54, 1.807) is 48.5 Å². The van der Waals surface area contributed by atoms with E-state index in [1.807, 2.05) is 19.9 Å². The number of amides is 1. The van der Waals surface area contributed by atoms with Crippen LogP contribution in [0.5, 0.6) is 5.75 Å². The molecule has 0 aliphatic carbocycles. The van der Waals surface area contributed by atoms with E-state index in [-0.39, 0.29) is 46.6 Å². The molecule has 0 saturated heterocycles. The van der Waals surface area contributed by atoms with Crippen LogP contribution in [0.1, 0.15) is 40.9 Å². The van der Waals surface area contributed by atoms with Crippen molar-refractivity contribution in [2.75, 3.05) is 0 Å². The number of hydrogen-bond acceptors (Lipinski definition) is 3. The van der Waals surface area contributed by atoms with E-state index in [1.165, 1.54) is 22.9 Å². The molecular weight excluding hydrogens is 570 g/mol. The number of benzene rings is 4. The summed E-state index contributed by atoms with van der Waals surface area (Å²) in [5.41, 5.74) is 1.28. The Bertz CT molecular complexity index is 1770. The minimum absolute atomic E-state index is 0.00643. The van der Waals surface area contributed by atoms with Crippen molar-refractivity contribution in [1.82, 2.24) is 15.1 Å². The molecule has 0 spiro atoms. The smallest absolute Gasteiger partial charge is 0.418 e. The fraction of sp³-hybridized carbons (Fsp3) is 0.188. The van der Waals surface area contributed by atoms with Gasteiger partial charge in [-0.05, 0) is 61.9 Å². The van der Waals surface area contributed by atoms with Crippen LogP contribution in [-0.2, 0) is 19.3 Å². The Morgan fingerprint density at radius 3 is 2.50 bits per heavy atom. The highest BCUT2D eigenvalue weighted by molar-refractivity contribution is 6.30. The number of halogens is 5. The van der Waals surface area contributed by atoms with Crippen molar-refractivity contribution in [3.8, 4) is 17.0 Å². The average molecular weight is 596 g/mol. The topological polar surface area (TPSA) is 56.1 Å². The maximum Gasteiger partial charge on any atom is 0.418 e. The number of nitrogens with zero attached hydrogens (tertiary/aromatic N) is 2. The van der Waals surface area contributed by atoms with Crippen LogP contribution in [0.15, 0.2) is 84.9 Å². The third-order valence-electron chi connectivity index (χ3n) is 6.53. The molecule has 1 heterocycles. The van der Waals surface area contributed by atoms with E-state index >= 15 is 0 Å². The second kappa shape index (κ2) is 11.9. The first-order chi connectivity index (χ1) is 20.0. The molecule has 4 aromatic carbocycles. The molecule has 0 atom stereocenters. The number of carbonyl (C=O) groups excluding carboxylic acids is 1. The minimum atomic E-state index is -4.63. The Morgan fingerprint density at radius 2 is 1.76 bits per heavy atom. The van der Waals surface area contributed by atoms with E-state index in [2.05, 4.69) is 10.4 Å². The lowest BCUT2D eigenvalue weighted by Crippen LogP contribution is -2.30. The lowest BCUT2D eigenvalue weighted by Gasteiger charge is -2.12. The molecule has 5 aromatic rings. The predicted molar refractivity (Wildman–Crippen MR) is 154 cm³/mol. The van der Waals surface area contributed by atoms with Crippen molar-refractivity contribution < 1.29 is 27.1 Å². The fourth-order valence-electron chi connectivity index (χ4n) is 4.66. The van der Waals surface area contributed by atoms with E-state index < -0.39 is 17.6 Å². The molecule has 1 N–H and O–H groups in total. The number of ether oxygens (including phenoxy) is 1. The number of hydrogen-bond donors (Lipinski definition) is 1. The minimum Gasteiger partial charge on any atom is -0.489 e. The Kier molecular flexibility index (Phi) is 8.22. The van der Waals surface area contributed by atoms with Crippen LogP contribution in [0.2, 0.25) is 5.02 Å². The van der Waals surface area contributed by atoms with Crippen LogP contribution >= 0.6 is 11.6 Å². The number of carbonyl (C=O) groups is 1. The molecule has 5 nitrogen and oxygen atoms in total. The maximum atomic E-state index is 14.7. The maximum absolute atomic E-state index is 14.7. The quantitative estimate of drug-likeness (QED) is 0.184. The van der Waals surface area contributed by atoms with Crippen LogP contribution < -0.4 is 10.1 Å². The van der Waals surface area contributed by atoms with Crippen LogP contribution in [0, 0.1) is 5.82 Å². The average Bonchev–Trinajstić information content (AvgIpc) is 3.31. The van der Waals surface area contributed by atoms with Crippen LogP contribution in [0.3, 0.4) is 0 Å². The van der Waals surface area contributed by atoms with Gasteiger partial charge in [-0.1, -0.05) is 54.1 Å². The Morgan fingerprint density at radius 1 is 1.00 bits per heavy atom. The fourth-order valence-corrected chi connectivity index (χ4v) is 4.82. The first-order valence-electron chi connectivity index (χ1n) is 13.1. The molecule has 0 bridgehead atoms. The third kappa shape index (κ3) is 6.41. The first kappa shape index (κ1) is 29.1. The van der Waals surface area contributed by atoms with E-state index in [9.17, 15) is 22.4 Å². The van der Waals surface area contributed by atoms with Gasteiger partial charge in [-0.3, -0.25) is 9.48 Å². The van der Waals surface area contributed by atoms with Gasteiger partial charge in [0.05, 0.1) is 17.8 Å². The summed E-state index contributed by atoms with van der Waals surface area (Å²) < 4.78 is 63.8. The zero-order valence-electron chi connectivity index (χ0n) is 22.7. The summed E-state index contributed by atoms with van der Waals surface area (Å²) in [6.45, 7) is 3.78. The summed E-state index contributed by atoms with van der Waals surface area (Å²) in [6.07, 6.45) is -4.63. The Hall–Kier alpha value is -4.37. The molecule has 0 saturated carbocycles. The SMILES string of the molecule is CC(C)NC(=O)c1cccc(COc2cccc(-c3c4cccc(C(F)(F)F)c4nn3Cc3ccc(Cl)cc3F)c2)c1. The monoisotopic (exact) mass is 595 g/mol. The van der Waals surface area contributed by atoms with Gasteiger partial charge in [0.15, 0.2) is 0 Å². The third-order valence-corrected chi connectivity index (χ3v) is 6.77. The summed E-state index contributed by atoms with van der Waals surface area (Å²) in [4.78, 5) is 12.4. The molecule has 0 radical (unpaired) electrons. The summed E-state index contributed by atoms with van der Waals surface area (Å²) in [6, 6.07) is 21.9. The lowest BCUT2D eigenvalue weighted by atomic mass is 10.0. The van der Waals surface area contributed by atoms with Gasteiger partial charge in [-0.2, -0.15) is 18.3 Å². The summed E-state index contributed by atoms with van der Waals surface area (Å²) in [5, 5.41) is 7.62. The second-order valence-electron chi connectivity index (χ2n) is 10.1. The Balaban J connectivity index is 1.51. The van der Waals surface area contributed by atoms with Gasteiger partial charge in [0.1, 0.15) is 23.7 Å². The van der Waals surface area contributed by atoms with Gasteiger partial charge < -0.3 is 10.1 Å². The highest BCUT2D eigenvalue weighted by Gasteiger charge is 2.34. The van der Waals surface area contributed by atoms with Crippen molar-refractivity contribution in [3.63, 3.8) is 0 Å². The van der Waals surface area contributed by atoms with Crippen molar-refractivity contribution in [2.24, 2.45) is 0 Å². The normalized spacial score (nSPS) is 11.7. The molecule has 0 aliphatic heterocycles.